The second-order valence-electron chi connectivity index (χ2n) is 3.08. The minimum Gasteiger partial charge on any atom is -0.390 e. The van der Waals surface area contributed by atoms with Gasteiger partial charge in [-0.15, -0.1) is 0 Å². The number of hydrazone groups is 1. The molecule has 0 amide bonds. The van der Waals surface area contributed by atoms with E-state index in [1.165, 1.54) is 18.3 Å². The molecule has 1 heterocycles. The van der Waals surface area contributed by atoms with Crippen LogP contribution in [0.25, 0.3) is 0 Å². The molecule has 3 N–H and O–H groups in total. The molecule has 0 aromatic heterocycles. The predicted molar refractivity (Wildman–Crippen MR) is 62.9 cm³/mol. The topological polar surface area (TPSA) is 62.8 Å². The number of hydrogen-bond donors (Lipinski definition) is 2. The van der Waals surface area contributed by atoms with Crippen molar-refractivity contribution in [2.24, 2.45) is 21.7 Å². The van der Waals surface area contributed by atoms with Crippen LogP contribution in [-0.2, 0) is 0 Å². The molecule has 1 aliphatic rings. The highest BCUT2D eigenvalue weighted by Crippen LogP contribution is 2.20. The number of rotatable bonds is 3. The van der Waals surface area contributed by atoms with Crippen molar-refractivity contribution < 1.29 is 0 Å². The highest BCUT2D eigenvalue weighted by molar-refractivity contribution is 8.02. The Morgan fingerprint density at radius 1 is 1.71 bits per heavy atom. The number of allylic oxidation sites excluding steroid dienone is 3. The van der Waals surface area contributed by atoms with Crippen molar-refractivity contribution in [1.82, 2.24) is 4.83 Å². The van der Waals surface area contributed by atoms with Gasteiger partial charge in [-0.25, -0.2) is 9.82 Å². The van der Waals surface area contributed by atoms with Gasteiger partial charge in [0.05, 0.1) is 23.2 Å². The fourth-order valence-corrected chi connectivity index (χ4v) is 1.39. The first-order valence-corrected chi connectivity index (χ1v) is 5.17. The molecule has 0 saturated heterocycles. The Bertz CT molecular complexity index is 302. The highest BCUT2D eigenvalue weighted by Gasteiger charge is 2.06. The molecule has 4 nitrogen and oxygen atoms in total. The molecule has 14 heavy (non-hydrogen) atoms. The second kappa shape index (κ2) is 5.49. The van der Waals surface area contributed by atoms with E-state index in [2.05, 4.69) is 34.8 Å². The Hall–Kier alpha value is -1.23. The van der Waals surface area contributed by atoms with Gasteiger partial charge in [-0.2, -0.15) is 5.10 Å². The lowest BCUT2D eigenvalue weighted by Crippen LogP contribution is -1.92. The third kappa shape index (κ3) is 3.26. The van der Waals surface area contributed by atoms with Gasteiger partial charge in [-0.05, 0) is 12.0 Å². The molecular weight excluding hydrogens is 196 g/mol. The molecule has 76 valence electrons. The van der Waals surface area contributed by atoms with Crippen LogP contribution in [0, 0.1) is 5.92 Å². The van der Waals surface area contributed by atoms with Crippen LogP contribution in [0.5, 0.6) is 0 Å². The third-order valence-corrected chi connectivity index (χ3v) is 2.23. The van der Waals surface area contributed by atoms with Crippen molar-refractivity contribution in [3.05, 3.63) is 22.8 Å². The molecular formula is C9H14N4S. The summed E-state index contributed by atoms with van der Waals surface area (Å²) in [4.78, 5) is 7.83. The Labute approximate surface area is 88.2 Å². The summed E-state index contributed by atoms with van der Waals surface area (Å²) >= 11 is 1.43. The van der Waals surface area contributed by atoms with Gasteiger partial charge in [0.25, 0.3) is 0 Å². The van der Waals surface area contributed by atoms with Crippen LogP contribution in [-0.4, -0.2) is 12.6 Å². The average Bonchev–Trinajstić information content (AvgIpc) is 2.64. The van der Waals surface area contributed by atoms with Crippen molar-refractivity contribution in [3.8, 4) is 0 Å². The van der Waals surface area contributed by atoms with Crippen molar-refractivity contribution in [2.45, 2.75) is 13.8 Å². The molecule has 0 unspecified atom stereocenters. The monoisotopic (exact) mass is 210 g/mol. The summed E-state index contributed by atoms with van der Waals surface area (Å²) in [6.07, 6.45) is 7.05. The zero-order valence-corrected chi connectivity index (χ0v) is 9.08. The number of nitrogens with zero attached hydrogens (tertiary/aromatic N) is 2. The number of nitrogens with one attached hydrogen (secondary N) is 1. The SMILES string of the molecule is CC(C)/C=C\C(N=CN)=C1C=NNS1. The van der Waals surface area contributed by atoms with E-state index in [-0.39, 0.29) is 0 Å². The maximum absolute atomic E-state index is 5.27. The van der Waals surface area contributed by atoms with Crippen molar-refractivity contribution in [1.29, 1.82) is 0 Å². The van der Waals surface area contributed by atoms with Gasteiger partial charge in [-0.1, -0.05) is 19.9 Å². The first-order chi connectivity index (χ1) is 6.74. The standard InChI is InChI=1S/C9H14N4S/c1-7(2)3-4-8(11-6-10)9-5-12-13-14-9/h3-7,13H,1-2H3,(H2,10,11)/b4-3-,9-8?. The van der Waals surface area contributed by atoms with Crippen LogP contribution in [0.15, 0.2) is 32.8 Å². The van der Waals surface area contributed by atoms with Gasteiger partial charge in [0.2, 0.25) is 0 Å². The van der Waals surface area contributed by atoms with Crippen LogP contribution in [0.3, 0.4) is 0 Å². The molecule has 0 aliphatic carbocycles. The van der Waals surface area contributed by atoms with E-state index >= 15 is 0 Å². The van der Waals surface area contributed by atoms with Gasteiger partial charge >= 0.3 is 0 Å². The summed E-state index contributed by atoms with van der Waals surface area (Å²) in [5, 5.41) is 3.88. The molecule has 5 heteroatoms. The Morgan fingerprint density at radius 2 is 2.50 bits per heavy atom. The first-order valence-electron chi connectivity index (χ1n) is 4.35. The lowest BCUT2D eigenvalue weighted by molar-refractivity contribution is 0.830. The normalized spacial score (nSPS) is 19.9. The summed E-state index contributed by atoms with van der Waals surface area (Å²) in [5.41, 5.74) is 6.10. The quantitative estimate of drug-likeness (QED) is 0.423. The molecule has 0 spiro atoms. The van der Waals surface area contributed by atoms with Crippen molar-refractivity contribution >= 4 is 24.5 Å². The van der Waals surface area contributed by atoms with Crippen molar-refractivity contribution in [3.63, 3.8) is 0 Å². The van der Waals surface area contributed by atoms with Gasteiger partial charge in [0, 0.05) is 11.9 Å². The summed E-state index contributed by atoms with van der Waals surface area (Å²) in [6, 6.07) is 0. The summed E-state index contributed by atoms with van der Waals surface area (Å²) in [7, 11) is 0. The van der Waals surface area contributed by atoms with E-state index in [1.54, 1.807) is 6.21 Å². The molecule has 0 bridgehead atoms. The number of hydrogen-bond acceptors (Lipinski definition) is 4. The molecule has 0 saturated carbocycles. The molecule has 0 fully saturated rings. The minimum atomic E-state index is 0.495. The Morgan fingerprint density at radius 3 is 3.00 bits per heavy atom. The van der Waals surface area contributed by atoms with E-state index in [4.69, 9.17) is 5.73 Å². The van der Waals surface area contributed by atoms with Crippen LogP contribution in [0.1, 0.15) is 13.8 Å². The zero-order valence-electron chi connectivity index (χ0n) is 8.27. The summed E-state index contributed by atoms with van der Waals surface area (Å²) in [5.74, 6) is 0.495. The smallest absolute Gasteiger partial charge is 0.0860 e. The highest BCUT2D eigenvalue weighted by atomic mass is 32.2. The first kappa shape index (κ1) is 10.8. The fraction of sp³-hybridized carbons (Fsp3) is 0.333. The van der Waals surface area contributed by atoms with Crippen LogP contribution in [0.2, 0.25) is 0 Å². The largest absolute Gasteiger partial charge is 0.390 e. The maximum Gasteiger partial charge on any atom is 0.0860 e. The van der Waals surface area contributed by atoms with Gasteiger partial charge in [0.1, 0.15) is 0 Å². The lowest BCUT2D eigenvalue weighted by Gasteiger charge is -1.98. The van der Waals surface area contributed by atoms with Crippen LogP contribution < -0.4 is 10.6 Å². The summed E-state index contributed by atoms with van der Waals surface area (Å²) in [6.45, 7) is 4.22. The van der Waals surface area contributed by atoms with Gasteiger partial charge < -0.3 is 5.73 Å². The number of nitrogens with two attached hydrogens (primary N) is 1. The van der Waals surface area contributed by atoms with Gasteiger partial charge in [0.15, 0.2) is 0 Å². The lowest BCUT2D eigenvalue weighted by atomic mass is 10.2. The molecule has 0 radical (unpaired) electrons. The van der Waals surface area contributed by atoms with Crippen LogP contribution in [0.4, 0.5) is 0 Å². The van der Waals surface area contributed by atoms with E-state index in [1.807, 2.05) is 6.08 Å². The van der Waals surface area contributed by atoms with E-state index < -0.39 is 0 Å². The molecule has 1 aliphatic heterocycles. The maximum atomic E-state index is 5.27. The van der Waals surface area contributed by atoms with E-state index in [0.29, 0.717) is 5.92 Å². The minimum absolute atomic E-state index is 0.495. The Balaban J connectivity index is 2.84. The molecule has 0 aromatic rings. The predicted octanol–water partition coefficient (Wildman–Crippen LogP) is 1.63. The van der Waals surface area contributed by atoms with E-state index in [0.717, 1.165) is 10.6 Å². The molecule has 0 atom stereocenters. The fourth-order valence-electron chi connectivity index (χ4n) is 0.858. The van der Waals surface area contributed by atoms with Crippen LogP contribution >= 0.6 is 11.9 Å². The van der Waals surface area contributed by atoms with Crippen molar-refractivity contribution in [2.75, 3.05) is 0 Å². The molecule has 0 aromatic carbocycles. The second-order valence-corrected chi connectivity index (χ2v) is 3.91. The number of aliphatic imine (C=N–C) groups is 1. The van der Waals surface area contributed by atoms with Gasteiger partial charge in [-0.3, -0.25) is 0 Å². The zero-order chi connectivity index (χ0) is 10.4. The summed E-state index contributed by atoms with van der Waals surface area (Å²) < 4.78 is 0. The average molecular weight is 210 g/mol. The van der Waals surface area contributed by atoms with E-state index in [9.17, 15) is 0 Å². The third-order valence-electron chi connectivity index (χ3n) is 1.50. The Kier molecular flexibility index (Phi) is 4.25. The molecule has 1 rings (SSSR count).